The number of amides is 1. The Morgan fingerprint density at radius 3 is 2.96 bits per heavy atom. The highest BCUT2D eigenvalue weighted by atomic mass is 16.2. The average Bonchev–Trinajstić information content (AvgIpc) is 3.21. The molecule has 1 aromatic heterocycles. The van der Waals surface area contributed by atoms with Crippen molar-refractivity contribution >= 4 is 16.9 Å². The number of hydrogen-bond donors (Lipinski definition) is 1. The van der Waals surface area contributed by atoms with Crippen molar-refractivity contribution < 1.29 is 4.79 Å². The molecule has 1 aromatic carbocycles. The fourth-order valence-electron chi connectivity index (χ4n) is 3.57. The fourth-order valence-corrected chi connectivity index (χ4v) is 3.57. The van der Waals surface area contributed by atoms with E-state index in [1.165, 1.54) is 0 Å². The maximum absolute atomic E-state index is 12.4. The third-order valence-corrected chi connectivity index (χ3v) is 5.25. The molecular formula is C20H27N5O. The zero-order valence-corrected chi connectivity index (χ0v) is 15.8. The van der Waals surface area contributed by atoms with Crippen molar-refractivity contribution in [2.75, 3.05) is 13.1 Å². The molecule has 1 aliphatic rings. The molecule has 0 saturated carbocycles. The second kappa shape index (κ2) is 7.46. The summed E-state index contributed by atoms with van der Waals surface area (Å²) in [6.45, 7) is 8.06. The van der Waals surface area contributed by atoms with E-state index < -0.39 is 0 Å². The lowest BCUT2D eigenvalue weighted by Crippen LogP contribution is -2.47. The maximum atomic E-state index is 12.4. The molecule has 1 N–H and O–H groups in total. The summed E-state index contributed by atoms with van der Waals surface area (Å²) < 4.78 is 2.23. The second-order valence-corrected chi connectivity index (χ2v) is 7.66. The summed E-state index contributed by atoms with van der Waals surface area (Å²) in [6, 6.07) is 10.1. The van der Waals surface area contributed by atoms with E-state index in [0.717, 1.165) is 42.7 Å². The molecule has 138 valence electrons. The van der Waals surface area contributed by atoms with E-state index in [2.05, 4.69) is 40.9 Å². The molecule has 1 saturated heterocycles. The van der Waals surface area contributed by atoms with E-state index in [1.54, 1.807) is 4.90 Å². The third-order valence-electron chi connectivity index (χ3n) is 5.25. The van der Waals surface area contributed by atoms with Gasteiger partial charge in [-0.25, -0.2) is 4.98 Å². The molecule has 1 amide bonds. The topological polar surface area (TPSA) is 74.0 Å². The normalized spacial score (nSPS) is 17.6. The Kier molecular flexibility index (Phi) is 5.28. The molecule has 1 fully saturated rings. The summed E-state index contributed by atoms with van der Waals surface area (Å²) in [5.41, 5.74) is 1.98. The van der Waals surface area contributed by atoms with Crippen LogP contribution in [-0.4, -0.2) is 45.0 Å². The van der Waals surface area contributed by atoms with Crippen LogP contribution >= 0.6 is 0 Å². The monoisotopic (exact) mass is 353 g/mol. The quantitative estimate of drug-likeness (QED) is 0.866. The molecule has 0 aliphatic carbocycles. The standard InChI is InChI=1S/C20H27N5O/c1-15-23-17-8-4-5-9-18(17)24(15)12-10-20(2,3)22-14-19(26)25-11-6-7-16(25)13-21/h4-5,8-9,16,22H,6-7,10-12,14H2,1-3H3. The van der Waals surface area contributed by atoms with Crippen LogP contribution in [0.4, 0.5) is 0 Å². The number of benzene rings is 1. The van der Waals surface area contributed by atoms with Crippen molar-refractivity contribution in [2.45, 2.75) is 58.2 Å². The fraction of sp³-hybridized carbons (Fsp3) is 0.550. The van der Waals surface area contributed by atoms with Crippen molar-refractivity contribution in [3.63, 3.8) is 0 Å². The number of aromatic nitrogens is 2. The number of fused-ring (bicyclic) bond motifs is 1. The van der Waals surface area contributed by atoms with Crippen LogP contribution in [0.3, 0.4) is 0 Å². The first kappa shape index (κ1) is 18.4. The Hall–Kier alpha value is -2.39. The third kappa shape index (κ3) is 3.88. The van der Waals surface area contributed by atoms with Crippen LogP contribution in [0, 0.1) is 18.3 Å². The molecule has 0 spiro atoms. The summed E-state index contributed by atoms with van der Waals surface area (Å²) >= 11 is 0. The number of rotatable bonds is 6. The molecule has 1 unspecified atom stereocenters. The van der Waals surface area contributed by atoms with Crippen LogP contribution in [0.25, 0.3) is 11.0 Å². The van der Waals surface area contributed by atoms with Crippen LogP contribution in [-0.2, 0) is 11.3 Å². The highest BCUT2D eigenvalue weighted by Gasteiger charge is 2.29. The number of nitrogens with one attached hydrogen (secondary N) is 1. The van der Waals surface area contributed by atoms with Gasteiger partial charge in [0.1, 0.15) is 11.9 Å². The number of aryl methyl sites for hydroxylation is 2. The van der Waals surface area contributed by atoms with Gasteiger partial charge in [0.25, 0.3) is 0 Å². The zero-order chi connectivity index (χ0) is 18.7. The summed E-state index contributed by atoms with van der Waals surface area (Å²) in [7, 11) is 0. The van der Waals surface area contributed by atoms with E-state index in [1.807, 2.05) is 25.1 Å². The Balaban J connectivity index is 1.58. The molecular weight excluding hydrogens is 326 g/mol. The van der Waals surface area contributed by atoms with Gasteiger partial charge in [-0.05, 0) is 52.2 Å². The number of nitrogens with zero attached hydrogens (tertiary/aromatic N) is 4. The smallest absolute Gasteiger partial charge is 0.237 e. The number of carbonyl (C=O) groups is 1. The zero-order valence-electron chi connectivity index (χ0n) is 15.8. The van der Waals surface area contributed by atoms with E-state index in [4.69, 9.17) is 5.26 Å². The maximum Gasteiger partial charge on any atom is 0.237 e. The molecule has 6 nitrogen and oxygen atoms in total. The number of nitriles is 1. The average molecular weight is 353 g/mol. The number of imidazole rings is 1. The van der Waals surface area contributed by atoms with Gasteiger partial charge in [-0.15, -0.1) is 0 Å². The van der Waals surface area contributed by atoms with E-state index in [9.17, 15) is 4.79 Å². The SMILES string of the molecule is Cc1nc2ccccc2n1CCC(C)(C)NCC(=O)N1CCCC1C#N. The minimum atomic E-state index is -0.257. The lowest BCUT2D eigenvalue weighted by Gasteiger charge is -2.28. The van der Waals surface area contributed by atoms with Gasteiger partial charge in [0.2, 0.25) is 5.91 Å². The number of para-hydroxylation sites is 2. The highest BCUT2D eigenvalue weighted by Crippen LogP contribution is 2.19. The predicted molar refractivity (Wildman–Crippen MR) is 102 cm³/mol. The summed E-state index contributed by atoms with van der Waals surface area (Å²) in [5, 5.41) is 12.5. The first-order valence-corrected chi connectivity index (χ1v) is 9.27. The molecule has 6 heteroatoms. The predicted octanol–water partition coefficient (Wildman–Crippen LogP) is 2.62. The Bertz CT molecular complexity index is 832. The van der Waals surface area contributed by atoms with Crippen LogP contribution in [0.2, 0.25) is 0 Å². The largest absolute Gasteiger partial charge is 0.328 e. The van der Waals surface area contributed by atoms with Gasteiger partial charge < -0.3 is 14.8 Å². The van der Waals surface area contributed by atoms with E-state index in [-0.39, 0.29) is 24.0 Å². The van der Waals surface area contributed by atoms with Crippen LogP contribution in [0.5, 0.6) is 0 Å². The van der Waals surface area contributed by atoms with Crippen LogP contribution in [0.15, 0.2) is 24.3 Å². The minimum absolute atomic E-state index is 0.0198. The molecule has 2 aromatic rings. The lowest BCUT2D eigenvalue weighted by molar-refractivity contribution is -0.130. The highest BCUT2D eigenvalue weighted by molar-refractivity contribution is 5.79. The van der Waals surface area contributed by atoms with E-state index in [0.29, 0.717) is 6.54 Å². The molecule has 0 bridgehead atoms. The first-order chi connectivity index (χ1) is 12.4. The van der Waals surface area contributed by atoms with E-state index >= 15 is 0 Å². The lowest BCUT2D eigenvalue weighted by atomic mass is 10.0. The van der Waals surface area contributed by atoms with Crippen LogP contribution in [0.1, 0.15) is 38.9 Å². The van der Waals surface area contributed by atoms with Gasteiger partial charge in [0.15, 0.2) is 0 Å². The van der Waals surface area contributed by atoms with Crippen molar-refractivity contribution in [1.29, 1.82) is 5.26 Å². The molecule has 1 aliphatic heterocycles. The number of hydrogen-bond acceptors (Lipinski definition) is 4. The molecule has 1 atom stereocenters. The van der Waals surface area contributed by atoms with Crippen LogP contribution < -0.4 is 5.32 Å². The van der Waals surface area contributed by atoms with Gasteiger partial charge in [0.05, 0.1) is 23.6 Å². The Labute approximate surface area is 154 Å². The van der Waals surface area contributed by atoms with Crippen molar-refractivity contribution in [1.82, 2.24) is 19.8 Å². The van der Waals surface area contributed by atoms with Gasteiger partial charge in [-0.2, -0.15) is 5.26 Å². The number of carbonyl (C=O) groups excluding carboxylic acids is 1. The molecule has 3 rings (SSSR count). The molecule has 2 heterocycles. The molecule has 0 radical (unpaired) electrons. The van der Waals surface area contributed by atoms with Gasteiger partial charge in [-0.3, -0.25) is 4.79 Å². The Morgan fingerprint density at radius 2 is 2.19 bits per heavy atom. The second-order valence-electron chi connectivity index (χ2n) is 7.66. The minimum Gasteiger partial charge on any atom is -0.328 e. The summed E-state index contributed by atoms with van der Waals surface area (Å²) in [5.74, 6) is 1.03. The summed E-state index contributed by atoms with van der Waals surface area (Å²) in [4.78, 5) is 18.7. The van der Waals surface area contributed by atoms with Crippen molar-refractivity contribution in [3.05, 3.63) is 30.1 Å². The van der Waals surface area contributed by atoms with Gasteiger partial charge in [0, 0.05) is 18.6 Å². The van der Waals surface area contributed by atoms with Gasteiger partial charge in [-0.1, -0.05) is 12.1 Å². The van der Waals surface area contributed by atoms with Crippen molar-refractivity contribution in [3.8, 4) is 6.07 Å². The van der Waals surface area contributed by atoms with Crippen molar-refractivity contribution in [2.24, 2.45) is 0 Å². The molecule has 26 heavy (non-hydrogen) atoms. The van der Waals surface area contributed by atoms with Gasteiger partial charge >= 0.3 is 0 Å². The number of likely N-dealkylation sites (tertiary alicyclic amines) is 1. The first-order valence-electron chi connectivity index (χ1n) is 9.27. The summed E-state index contributed by atoms with van der Waals surface area (Å²) in [6.07, 6.45) is 2.59. The Morgan fingerprint density at radius 1 is 1.42 bits per heavy atom.